The molecule has 0 radical (unpaired) electrons. The summed E-state index contributed by atoms with van der Waals surface area (Å²) < 4.78 is 37.2. The van der Waals surface area contributed by atoms with E-state index in [4.69, 9.17) is 17.3 Å². The van der Waals surface area contributed by atoms with Crippen LogP contribution in [-0.4, -0.2) is 12.1 Å². The minimum absolute atomic E-state index is 0.0836. The fourth-order valence-electron chi connectivity index (χ4n) is 1.81. The molecular weight excluding hydrogens is 253 g/mol. The molecule has 0 atom stereocenters. The summed E-state index contributed by atoms with van der Waals surface area (Å²) in [5, 5.41) is 3.16. The molecule has 6 heteroatoms. The molecule has 1 aliphatic carbocycles. The molecule has 0 heterocycles. The van der Waals surface area contributed by atoms with Crippen molar-refractivity contribution in [2.75, 3.05) is 5.32 Å². The van der Waals surface area contributed by atoms with Crippen molar-refractivity contribution in [2.24, 2.45) is 5.73 Å². The first-order valence-corrected chi connectivity index (χ1v) is 5.63. The lowest BCUT2D eigenvalue weighted by atomic mass is 9.87. The van der Waals surface area contributed by atoms with E-state index >= 15 is 0 Å². The highest BCUT2D eigenvalue weighted by Crippen LogP contribution is 2.34. The number of nitrogens with one attached hydrogen (secondary N) is 1. The zero-order chi connectivity index (χ0) is 12.6. The van der Waals surface area contributed by atoms with Gasteiger partial charge in [0.15, 0.2) is 0 Å². The number of hydrogen-bond donors (Lipinski definition) is 2. The van der Waals surface area contributed by atoms with Gasteiger partial charge in [0.2, 0.25) is 0 Å². The summed E-state index contributed by atoms with van der Waals surface area (Å²) >= 11 is 5.80. The van der Waals surface area contributed by atoms with Crippen LogP contribution < -0.4 is 11.1 Å². The Hall–Kier alpha value is -0.940. The number of nitrogens with two attached hydrogens (primary N) is 1. The Balaban J connectivity index is 2.09. The first-order valence-electron chi connectivity index (χ1n) is 5.25. The Morgan fingerprint density at radius 2 is 1.94 bits per heavy atom. The van der Waals surface area contributed by atoms with E-state index in [1.54, 1.807) is 0 Å². The number of hydrogen-bond acceptors (Lipinski definition) is 2. The average Bonchev–Trinajstić information content (AvgIpc) is 2.16. The van der Waals surface area contributed by atoms with Crippen LogP contribution in [0.15, 0.2) is 18.2 Å². The third kappa shape index (κ3) is 2.84. The highest BCUT2D eigenvalue weighted by Gasteiger charge is 2.31. The number of benzene rings is 1. The molecule has 1 saturated carbocycles. The number of anilines is 1. The molecule has 17 heavy (non-hydrogen) atoms. The molecule has 94 valence electrons. The van der Waals surface area contributed by atoms with Crippen molar-refractivity contribution in [3.05, 3.63) is 28.8 Å². The van der Waals surface area contributed by atoms with Crippen LogP contribution in [0.3, 0.4) is 0 Å². The topological polar surface area (TPSA) is 38.0 Å². The van der Waals surface area contributed by atoms with Crippen molar-refractivity contribution in [2.45, 2.75) is 31.1 Å². The van der Waals surface area contributed by atoms with Crippen molar-refractivity contribution in [3.63, 3.8) is 0 Å². The van der Waals surface area contributed by atoms with Crippen molar-refractivity contribution in [1.29, 1.82) is 0 Å². The maximum Gasteiger partial charge on any atom is 0.416 e. The van der Waals surface area contributed by atoms with E-state index in [0.717, 1.165) is 25.0 Å². The van der Waals surface area contributed by atoms with Gasteiger partial charge in [0, 0.05) is 12.1 Å². The first kappa shape index (κ1) is 12.5. The molecule has 0 saturated heterocycles. The summed E-state index contributed by atoms with van der Waals surface area (Å²) in [6.07, 6.45) is -2.73. The maximum atomic E-state index is 12.4. The predicted molar refractivity (Wildman–Crippen MR) is 61.1 cm³/mol. The van der Waals surface area contributed by atoms with Gasteiger partial charge in [0.05, 0.1) is 16.3 Å². The predicted octanol–water partition coefficient (Wildman–Crippen LogP) is 3.26. The van der Waals surface area contributed by atoms with Gasteiger partial charge < -0.3 is 11.1 Å². The second kappa shape index (κ2) is 4.38. The molecule has 0 amide bonds. The van der Waals surface area contributed by atoms with Crippen LogP contribution >= 0.6 is 11.6 Å². The lowest BCUT2D eigenvalue weighted by molar-refractivity contribution is -0.137. The number of halogens is 4. The monoisotopic (exact) mass is 264 g/mol. The molecule has 3 N–H and O–H groups in total. The van der Waals surface area contributed by atoms with Gasteiger partial charge in [-0.15, -0.1) is 0 Å². The van der Waals surface area contributed by atoms with E-state index < -0.39 is 11.7 Å². The van der Waals surface area contributed by atoms with Gasteiger partial charge in [-0.3, -0.25) is 0 Å². The van der Waals surface area contributed by atoms with Crippen LogP contribution in [0.4, 0.5) is 18.9 Å². The van der Waals surface area contributed by atoms with Crippen molar-refractivity contribution >= 4 is 17.3 Å². The molecule has 2 rings (SSSR count). The van der Waals surface area contributed by atoms with E-state index in [-0.39, 0.29) is 17.1 Å². The van der Waals surface area contributed by atoms with Gasteiger partial charge in [-0.2, -0.15) is 13.2 Å². The normalized spacial score (nSPS) is 24.3. The zero-order valence-electron chi connectivity index (χ0n) is 8.89. The van der Waals surface area contributed by atoms with Crippen molar-refractivity contribution < 1.29 is 13.2 Å². The molecule has 0 spiro atoms. The van der Waals surface area contributed by atoms with E-state index in [0.29, 0.717) is 5.69 Å². The second-order valence-corrected chi connectivity index (χ2v) is 4.67. The van der Waals surface area contributed by atoms with E-state index in [2.05, 4.69) is 5.32 Å². The Labute approximate surface area is 102 Å². The Morgan fingerprint density at radius 3 is 2.41 bits per heavy atom. The lowest BCUT2D eigenvalue weighted by Crippen LogP contribution is -2.44. The molecule has 1 aliphatic rings. The highest BCUT2D eigenvalue weighted by atomic mass is 35.5. The van der Waals surface area contributed by atoms with Crippen LogP contribution in [0.2, 0.25) is 5.02 Å². The van der Waals surface area contributed by atoms with Crippen LogP contribution in [0.5, 0.6) is 0 Å². The summed E-state index contributed by atoms with van der Waals surface area (Å²) in [6, 6.07) is 3.70. The molecule has 1 fully saturated rings. The molecule has 1 aromatic rings. The van der Waals surface area contributed by atoms with Crippen LogP contribution in [0, 0.1) is 0 Å². The third-order valence-corrected chi connectivity index (χ3v) is 3.14. The molecule has 2 nitrogen and oxygen atoms in total. The van der Waals surface area contributed by atoms with E-state index in [1.165, 1.54) is 6.07 Å². The summed E-state index contributed by atoms with van der Waals surface area (Å²) in [4.78, 5) is 0. The average molecular weight is 265 g/mol. The smallest absolute Gasteiger partial charge is 0.381 e. The molecule has 1 aromatic carbocycles. The van der Waals surface area contributed by atoms with Gasteiger partial charge >= 0.3 is 6.18 Å². The minimum Gasteiger partial charge on any atom is -0.381 e. The van der Waals surface area contributed by atoms with Crippen LogP contribution in [0.1, 0.15) is 18.4 Å². The summed E-state index contributed by atoms with van der Waals surface area (Å²) in [5.41, 5.74) is 5.41. The number of alkyl halides is 3. The lowest BCUT2D eigenvalue weighted by Gasteiger charge is -2.34. The van der Waals surface area contributed by atoms with Crippen molar-refractivity contribution in [1.82, 2.24) is 0 Å². The largest absolute Gasteiger partial charge is 0.416 e. The summed E-state index contributed by atoms with van der Waals surface area (Å²) in [7, 11) is 0. The first-order chi connectivity index (χ1) is 7.86. The highest BCUT2D eigenvalue weighted by molar-refractivity contribution is 6.33. The molecular formula is C11H12ClF3N2. The third-order valence-electron chi connectivity index (χ3n) is 2.83. The maximum absolute atomic E-state index is 12.4. The zero-order valence-corrected chi connectivity index (χ0v) is 9.65. The van der Waals surface area contributed by atoms with Gasteiger partial charge in [0.25, 0.3) is 0 Å². The van der Waals surface area contributed by atoms with Crippen LogP contribution in [-0.2, 0) is 6.18 Å². The quantitative estimate of drug-likeness (QED) is 0.860. The van der Waals surface area contributed by atoms with Crippen molar-refractivity contribution in [3.8, 4) is 0 Å². The number of rotatable bonds is 2. The Morgan fingerprint density at radius 1 is 1.29 bits per heavy atom. The molecule has 0 unspecified atom stereocenters. The van der Waals surface area contributed by atoms with Crippen LogP contribution in [0.25, 0.3) is 0 Å². The van der Waals surface area contributed by atoms with Gasteiger partial charge in [0.1, 0.15) is 0 Å². The standard InChI is InChI=1S/C11H12ClF3N2/c12-9-3-6(11(13,14)15)1-2-10(9)17-8-4-7(16)5-8/h1-3,7-8,17H,4-5,16H2. The molecule has 0 bridgehead atoms. The van der Waals surface area contributed by atoms with Gasteiger partial charge in [-0.1, -0.05) is 11.6 Å². The van der Waals surface area contributed by atoms with Gasteiger partial charge in [-0.25, -0.2) is 0 Å². The fourth-order valence-corrected chi connectivity index (χ4v) is 2.04. The summed E-state index contributed by atoms with van der Waals surface area (Å²) in [6.45, 7) is 0. The minimum atomic E-state index is -4.36. The molecule has 0 aromatic heterocycles. The fraction of sp³-hybridized carbons (Fsp3) is 0.455. The Kier molecular flexibility index (Phi) is 3.23. The summed E-state index contributed by atoms with van der Waals surface area (Å²) in [5.74, 6) is 0. The second-order valence-electron chi connectivity index (χ2n) is 4.27. The molecule has 0 aliphatic heterocycles. The van der Waals surface area contributed by atoms with Gasteiger partial charge in [-0.05, 0) is 31.0 Å². The SMILES string of the molecule is NC1CC(Nc2ccc(C(F)(F)F)cc2Cl)C1. The van der Waals surface area contributed by atoms with E-state index in [1.807, 2.05) is 0 Å². The van der Waals surface area contributed by atoms with E-state index in [9.17, 15) is 13.2 Å². The Bertz CT molecular complexity index is 414.